The predicted octanol–water partition coefficient (Wildman–Crippen LogP) is 4.73. The van der Waals surface area contributed by atoms with Crippen LogP contribution in [0.25, 0.3) is 22.0 Å². The van der Waals surface area contributed by atoms with Gasteiger partial charge in [-0.05, 0) is 56.1 Å². The monoisotopic (exact) mass is 412 g/mol. The first-order valence-electron chi connectivity index (χ1n) is 10.9. The molecule has 1 fully saturated rings. The maximum atomic E-state index is 4.95. The summed E-state index contributed by atoms with van der Waals surface area (Å²) in [6, 6.07) is 15.3. The summed E-state index contributed by atoms with van der Waals surface area (Å²) >= 11 is 0. The van der Waals surface area contributed by atoms with Crippen LogP contribution in [0.5, 0.6) is 0 Å². The van der Waals surface area contributed by atoms with Crippen molar-refractivity contribution in [3.05, 3.63) is 71.8 Å². The maximum Gasteiger partial charge on any atom is 0.133 e. The summed E-state index contributed by atoms with van der Waals surface area (Å²) in [6.07, 6.45) is 6.11. The number of aromatic nitrogens is 4. The summed E-state index contributed by atoms with van der Waals surface area (Å²) in [5.41, 5.74) is 6.77. The zero-order valence-electron chi connectivity index (χ0n) is 18.3. The number of para-hydroxylation sites is 1. The van der Waals surface area contributed by atoms with E-state index in [1.54, 1.807) is 0 Å². The number of hydrogen-bond donors (Lipinski definition) is 1. The Labute approximate surface area is 182 Å². The van der Waals surface area contributed by atoms with E-state index in [1.165, 1.54) is 22.9 Å². The van der Waals surface area contributed by atoms with Gasteiger partial charge in [0.2, 0.25) is 0 Å². The third-order valence-electron chi connectivity index (χ3n) is 6.09. The van der Waals surface area contributed by atoms with Gasteiger partial charge in [0, 0.05) is 49.0 Å². The fourth-order valence-corrected chi connectivity index (χ4v) is 4.66. The van der Waals surface area contributed by atoms with Gasteiger partial charge < -0.3 is 4.90 Å². The molecule has 1 atom stereocenters. The first-order chi connectivity index (χ1) is 15.1. The highest BCUT2D eigenvalue weighted by atomic mass is 15.2. The van der Waals surface area contributed by atoms with Gasteiger partial charge in [-0.2, -0.15) is 5.10 Å². The number of aromatic amines is 1. The van der Waals surface area contributed by atoms with E-state index in [2.05, 4.69) is 77.4 Å². The number of hydrogen-bond acceptors (Lipinski definition) is 5. The van der Waals surface area contributed by atoms with Crippen molar-refractivity contribution in [1.29, 1.82) is 0 Å². The molecule has 0 saturated carbocycles. The number of benzene rings is 1. The lowest BCUT2D eigenvalue weighted by molar-refractivity contribution is 0.244. The van der Waals surface area contributed by atoms with Gasteiger partial charge in [0.25, 0.3) is 0 Å². The van der Waals surface area contributed by atoms with E-state index in [-0.39, 0.29) is 0 Å². The third-order valence-corrected chi connectivity index (χ3v) is 6.09. The topological polar surface area (TPSA) is 60.9 Å². The minimum absolute atomic E-state index is 0.312. The van der Waals surface area contributed by atoms with Crippen LogP contribution in [0.3, 0.4) is 0 Å². The third kappa shape index (κ3) is 3.91. The molecule has 0 spiro atoms. The molecule has 0 radical (unpaired) electrons. The van der Waals surface area contributed by atoms with Crippen molar-refractivity contribution in [3.8, 4) is 11.1 Å². The van der Waals surface area contributed by atoms with Crippen molar-refractivity contribution in [3.63, 3.8) is 0 Å². The number of nitrogens with zero attached hydrogens (tertiary/aromatic N) is 5. The SMILES string of the molecule is Cc1cc(-c2cn[nH]c2)cc([C@H]2CCCN2Cc2cc3ccccc3nc2N(C)C)n1. The zero-order chi connectivity index (χ0) is 21.4. The molecule has 6 heteroatoms. The molecular formula is C25H28N6. The van der Waals surface area contributed by atoms with Gasteiger partial charge >= 0.3 is 0 Å². The second kappa shape index (κ2) is 8.12. The maximum absolute atomic E-state index is 4.95. The van der Waals surface area contributed by atoms with Gasteiger partial charge in [0.1, 0.15) is 5.82 Å². The van der Waals surface area contributed by atoms with Crippen LogP contribution in [0.4, 0.5) is 5.82 Å². The molecule has 1 aliphatic heterocycles. The van der Waals surface area contributed by atoms with Crippen LogP contribution < -0.4 is 4.90 Å². The first-order valence-corrected chi connectivity index (χ1v) is 10.9. The van der Waals surface area contributed by atoms with Crippen LogP contribution in [0, 0.1) is 6.92 Å². The van der Waals surface area contributed by atoms with Crippen LogP contribution in [0.2, 0.25) is 0 Å². The summed E-state index contributed by atoms with van der Waals surface area (Å²) in [4.78, 5) is 14.6. The molecule has 3 aromatic heterocycles. The number of nitrogens with one attached hydrogen (secondary N) is 1. The van der Waals surface area contributed by atoms with Crippen molar-refractivity contribution < 1.29 is 0 Å². The van der Waals surface area contributed by atoms with Crippen molar-refractivity contribution in [1.82, 2.24) is 25.1 Å². The smallest absolute Gasteiger partial charge is 0.133 e. The van der Waals surface area contributed by atoms with Crippen molar-refractivity contribution in [2.75, 3.05) is 25.5 Å². The number of fused-ring (bicyclic) bond motifs is 1. The average Bonchev–Trinajstić information content (AvgIpc) is 3.45. The fraction of sp³-hybridized carbons (Fsp3) is 0.320. The standard InChI is InChI=1S/C25H28N6/c1-17-11-19(21-14-26-27-15-21)13-23(28-17)24-9-6-10-31(24)16-20-12-18-7-4-5-8-22(18)29-25(20)30(2)3/h4-5,7-8,11-15,24H,6,9-10,16H2,1-3H3,(H,26,27)/t24-/m1/s1. The quantitative estimate of drug-likeness (QED) is 0.513. The molecule has 4 aromatic rings. The van der Waals surface area contributed by atoms with E-state index >= 15 is 0 Å². The van der Waals surface area contributed by atoms with Crippen molar-refractivity contribution in [2.45, 2.75) is 32.4 Å². The molecule has 4 heterocycles. The van der Waals surface area contributed by atoms with Gasteiger partial charge in [0.05, 0.1) is 23.4 Å². The minimum Gasteiger partial charge on any atom is -0.362 e. The molecule has 1 saturated heterocycles. The molecular weight excluding hydrogens is 384 g/mol. The molecule has 31 heavy (non-hydrogen) atoms. The van der Waals surface area contributed by atoms with Crippen LogP contribution in [0.1, 0.15) is 35.8 Å². The van der Waals surface area contributed by atoms with E-state index in [9.17, 15) is 0 Å². The second-order valence-electron chi connectivity index (χ2n) is 8.60. The highest BCUT2D eigenvalue weighted by Crippen LogP contribution is 2.35. The normalized spacial score (nSPS) is 16.8. The summed E-state index contributed by atoms with van der Waals surface area (Å²) in [5.74, 6) is 1.04. The Kier molecular flexibility index (Phi) is 5.16. The van der Waals surface area contributed by atoms with Gasteiger partial charge in [-0.15, -0.1) is 0 Å². The van der Waals surface area contributed by atoms with E-state index in [0.717, 1.165) is 47.8 Å². The highest BCUT2D eigenvalue weighted by molar-refractivity contribution is 5.81. The Bertz CT molecular complexity index is 1200. The highest BCUT2D eigenvalue weighted by Gasteiger charge is 2.28. The number of pyridine rings is 2. The lowest BCUT2D eigenvalue weighted by Crippen LogP contribution is -2.25. The average molecular weight is 413 g/mol. The van der Waals surface area contributed by atoms with Gasteiger partial charge in [-0.25, -0.2) is 4.98 Å². The molecule has 6 nitrogen and oxygen atoms in total. The molecule has 1 aromatic carbocycles. The van der Waals surface area contributed by atoms with Crippen LogP contribution >= 0.6 is 0 Å². The van der Waals surface area contributed by atoms with Crippen LogP contribution in [0.15, 0.2) is 54.9 Å². The number of anilines is 1. The Morgan fingerprint density at radius 3 is 2.77 bits per heavy atom. The lowest BCUT2D eigenvalue weighted by atomic mass is 10.0. The van der Waals surface area contributed by atoms with Crippen LogP contribution in [-0.4, -0.2) is 45.7 Å². The zero-order valence-corrected chi connectivity index (χ0v) is 18.3. The molecule has 0 amide bonds. The minimum atomic E-state index is 0.312. The molecule has 0 unspecified atom stereocenters. The Balaban J connectivity index is 1.49. The Morgan fingerprint density at radius 1 is 1.10 bits per heavy atom. The summed E-state index contributed by atoms with van der Waals surface area (Å²) in [7, 11) is 4.14. The summed E-state index contributed by atoms with van der Waals surface area (Å²) in [5, 5.41) is 8.22. The van der Waals surface area contributed by atoms with E-state index in [1.807, 2.05) is 18.5 Å². The summed E-state index contributed by atoms with van der Waals surface area (Å²) in [6.45, 7) is 4.01. The first kappa shape index (κ1) is 19.7. The van der Waals surface area contributed by atoms with Crippen molar-refractivity contribution >= 4 is 16.7 Å². The van der Waals surface area contributed by atoms with E-state index in [0.29, 0.717) is 6.04 Å². The molecule has 0 aliphatic carbocycles. The number of aryl methyl sites for hydroxylation is 1. The Hall–Kier alpha value is -3.25. The number of likely N-dealkylation sites (tertiary alicyclic amines) is 1. The van der Waals surface area contributed by atoms with Crippen molar-refractivity contribution in [2.24, 2.45) is 0 Å². The Morgan fingerprint density at radius 2 is 1.97 bits per heavy atom. The predicted molar refractivity (Wildman–Crippen MR) is 125 cm³/mol. The summed E-state index contributed by atoms with van der Waals surface area (Å²) < 4.78 is 0. The van der Waals surface area contributed by atoms with E-state index < -0.39 is 0 Å². The molecule has 5 rings (SSSR count). The second-order valence-corrected chi connectivity index (χ2v) is 8.60. The molecule has 1 aliphatic rings. The lowest BCUT2D eigenvalue weighted by Gasteiger charge is -2.27. The molecule has 158 valence electrons. The van der Waals surface area contributed by atoms with Crippen LogP contribution in [-0.2, 0) is 6.54 Å². The number of H-pyrrole nitrogens is 1. The fourth-order valence-electron chi connectivity index (χ4n) is 4.66. The number of rotatable bonds is 5. The largest absolute Gasteiger partial charge is 0.362 e. The van der Waals surface area contributed by atoms with Gasteiger partial charge in [-0.3, -0.25) is 15.0 Å². The molecule has 0 bridgehead atoms. The van der Waals surface area contributed by atoms with Gasteiger partial charge in [0.15, 0.2) is 0 Å². The van der Waals surface area contributed by atoms with E-state index in [4.69, 9.17) is 9.97 Å². The van der Waals surface area contributed by atoms with Gasteiger partial charge in [-0.1, -0.05) is 18.2 Å². The molecule has 1 N–H and O–H groups in total.